The Labute approximate surface area is 158 Å². The number of anilines is 2. The molecule has 1 fully saturated rings. The summed E-state index contributed by atoms with van der Waals surface area (Å²) in [5.74, 6) is 1.17. The van der Waals surface area contributed by atoms with Crippen molar-refractivity contribution in [1.29, 1.82) is 0 Å². The summed E-state index contributed by atoms with van der Waals surface area (Å²) in [5, 5.41) is 6.07. The van der Waals surface area contributed by atoms with Crippen molar-refractivity contribution in [3.05, 3.63) is 42.4 Å². The van der Waals surface area contributed by atoms with E-state index in [-0.39, 0.29) is 5.91 Å². The van der Waals surface area contributed by atoms with Gasteiger partial charge in [-0.3, -0.25) is 9.69 Å². The average Bonchev–Trinajstić information content (AvgIpc) is 2.71. The molecule has 0 radical (unpaired) electrons. The van der Waals surface area contributed by atoms with Gasteiger partial charge < -0.3 is 20.1 Å². The molecule has 0 bridgehead atoms. The van der Waals surface area contributed by atoms with Crippen LogP contribution in [0.25, 0.3) is 0 Å². The second kappa shape index (κ2) is 9.84. The minimum atomic E-state index is -0.208. The Morgan fingerprint density at radius 1 is 1.22 bits per heavy atom. The summed E-state index contributed by atoms with van der Waals surface area (Å²) in [6.07, 6.45) is 1.38. The standard InChI is InChI=1S/C19H25N5O3/c1-2-27-16-5-3-15(4-6-16)23-18-13-17(21-14-22-18)19(25)20-7-8-24-9-11-26-12-10-24/h3-6,13-14H,2,7-12H2,1H3,(H,20,25)(H,21,22,23). The number of amides is 1. The molecule has 2 aromatic rings. The summed E-state index contributed by atoms with van der Waals surface area (Å²) in [5.41, 5.74) is 1.19. The maximum Gasteiger partial charge on any atom is 0.270 e. The van der Waals surface area contributed by atoms with Crippen LogP contribution in [-0.4, -0.2) is 66.8 Å². The van der Waals surface area contributed by atoms with Crippen molar-refractivity contribution in [2.75, 3.05) is 51.3 Å². The zero-order valence-electron chi connectivity index (χ0n) is 15.5. The number of nitrogens with one attached hydrogen (secondary N) is 2. The van der Waals surface area contributed by atoms with Gasteiger partial charge in [0, 0.05) is 37.9 Å². The zero-order chi connectivity index (χ0) is 18.9. The van der Waals surface area contributed by atoms with Gasteiger partial charge >= 0.3 is 0 Å². The molecular weight excluding hydrogens is 346 g/mol. The Bertz CT molecular complexity index is 732. The van der Waals surface area contributed by atoms with Crippen molar-refractivity contribution < 1.29 is 14.3 Å². The van der Waals surface area contributed by atoms with Crippen LogP contribution in [0.2, 0.25) is 0 Å². The van der Waals surface area contributed by atoms with Crippen LogP contribution in [0.5, 0.6) is 5.75 Å². The predicted molar refractivity (Wildman–Crippen MR) is 103 cm³/mol. The van der Waals surface area contributed by atoms with Crippen LogP contribution >= 0.6 is 0 Å². The number of carbonyl (C=O) groups is 1. The maximum absolute atomic E-state index is 12.3. The van der Waals surface area contributed by atoms with Gasteiger partial charge in [-0.1, -0.05) is 0 Å². The lowest BCUT2D eigenvalue weighted by molar-refractivity contribution is 0.0383. The van der Waals surface area contributed by atoms with Gasteiger partial charge in [-0.2, -0.15) is 0 Å². The summed E-state index contributed by atoms with van der Waals surface area (Å²) < 4.78 is 10.7. The molecule has 144 valence electrons. The molecule has 2 heterocycles. The molecule has 1 aliphatic rings. The summed E-state index contributed by atoms with van der Waals surface area (Å²) in [6, 6.07) is 9.20. The van der Waals surface area contributed by atoms with Crippen LogP contribution in [0, 0.1) is 0 Å². The molecule has 0 atom stereocenters. The second-order valence-electron chi connectivity index (χ2n) is 6.08. The molecule has 27 heavy (non-hydrogen) atoms. The van der Waals surface area contributed by atoms with Crippen LogP contribution in [0.1, 0.15) is 17.4 Å². The highest BCUT2D eigenvalue weighted by molar-refractivity contribution is 5.92. The van der Waals surface area contributed by atoms with Gasteiger partial charge in [0.1, 0.15) is 23.6 Å². The number of aromatic nitrogens is 2. The van der Waals surface area contributed by atoms with E-state index in [2.05, 4.69) is 25.5 Å². The zero-order valence-corrected chi connectivity index (χ0v) is 15.5. The normalized spacial score (nSPS) is 14.6. The Morgan fingerprint density at radius 3 is 2.74 bits per heavy atom. The predicted octanol–water partition coefficient (Wildman–Crippen LogP) is 1.68. The first-order valence-electron chi connectivity index (χ1n) is 9.15. The molecule has 1 aromatic heterocycles. The second-order valence-corrected chi connectivity index (χ2v) is 6.08. The molecule has 2 N–H and O–H groups in total. The number of rotatable bonds is 8. The molecule has 0 unspecified atom stereocenters. The minimum absolute atomic E-state index is 0.208. The van der Waals surface area contributed by atoms with E-state index in [1.54, 1.807) is 6.07 Å². The first kappa shape index (κ1) is 19.1. The SMILES string of the molecule is CCOc1ccc(Nc2cc(C(=O)NCCN3CCOCC3)ncn2)cc1. The first-order chi connectivity index (χ1) is 13.2. The van der Waals surface area contributed by atoms with Gasteiger partial charge in [-0.05, 0) is 31.2 Å². The smallest absolute Gasteiger partial charge is 0.270 e. The van der Waals surface area contributed by atoms with Crippen molar-refractivity contribution in [2.24, 2.45) is 0 Å². The molecule has 1 saturated heterocycles. The number of benzene rings is 1. The molecule has 0 saturated carbocycles. The Balaban J connectivity index is 1.52. The van der Waals surface area contributed by atoms with E-state index in [1.807, 2.05) is 31.2 Å². The number of nitrogens with zero attached hydrogens (tertiary/aromatic N) is 3. The van der Waals surface area contributed by atoms with E-state index in [9.17, 15) is 4.79 Å². The molecular formula is C19H25N5O3. The first-order valence-corrected chi connectivity index (χ1v) is 9.15. The maximum atomic E-state index is 12.3. The van der Waals surface area contributed by atoms with E-state index in [1.165, 1.54) is 6.33 Å². The fraction of sp³-hybridized carbons (Fsp3) is 0.421. The molecule has 3 rings (SSSR count). The van der Waals surface area contributed by atoms with Crippen LogP contribution in [-0.2, 0) is 4.74 Å². The fourth-order valence-electron chi connectivity index (χ4n) is 2.74. The van der Waals surface area contributed by atoms with Crippen LogP contribution in [0.15, 0.2) is 36.7 Å². The number of carbonyl (C=O) groups excluding carboxylic acids is 1. The van der Waals surface area contributed by atoms with Gasteiger partial charge in [0.05, 0.1) is 19.8 Å². The third-order valence-electron chi connectivity index (χ3n) is 4.15. The van der Waals surface area contributed by atoms with Crippen molar-refractivity contribution in [2.45, 2.75) is 6.92 Å². The molecule has 8 nitrogen and oxygen atoms in total. The Morgan fingerprint density at radius 2 is 2.00 bits per heavy atom. The summed E-state index contributed by atoms with van der Waals surface area (Å²) >= 11 is 0. The van der Waals surface area contributed by atoms with Gasteiger partial charge in [0.25, 0.3) is 5.91 Å². The minimum Gasteiger partial charge on any atom is -0.494 e. The number of hydrogen-bond donors (Lipinski definition) is 2. The number of morpholine rings is 1. The van der Waals surface area contributed by atoms with Crippen LogP contribution < -0.4 is 15.4 Å². The van der Waals surface area contributed by atoms with E-state index in [0.29, 0.717) is 24.7 Å². The molecule has 0 spiro atoms. The molecule has 1 amide bonds. The monoisotopic (exact) mass is 371 g/mol. The average molecular weight is 371 g/mol. The van der Waals surface area contributed by atoms with Gasteiger partial charge in [0.15, 0.2) is 0 Å². The van der Waals surface area contributed by atoms with Gasteiger partial charge in [-0.15, -0.1) is 0 Å². The van der Waals surface area contributed by atoms with E-state index in [0.717, 1.165) is 44.3 Å². The number of ether oxygens (including phenoxy) is 2. The van der Waals surface area contributed by atoms with E-state index >= 15 is 0 Å². The Kier molecular flexibility index (Phi) is 6.95. The molecule has 1 aromatic carbocycles. The topological polar surface area (TPSA) is 88.6 Å². The third-order valence-corrected chi connectivity index (χ3v) is 4.15. The third kappa shape index (κ3) is 5.90. The summed E-state index contributed by atoms with van der Waals surface area (Å²) in [7, 11) is 0. The highest BCUT2D eigenvalue weighted by Crippen LogP contribution is 2.19. The fourth-order valence-corrected chi connectivity index (χ4v) is 2.74. The lowest BCUT2D eigenvalue weighted by Crippen LogP contribution is -2.41. The largest absolute Gasteiger partial charge is 0.494 e. The Hall–Kier alpha value is -2.71. The van der Waals surface area contributed by atoms with Gasteiger partial charge in [0.2, 0.25) is 0 Å². The highest BCUT2D eigenvalue weighted by atomic mass is 16.5. The van der Waals surface area contributed by atoms with Crippen molar-refractivity contribution in [1.82, 2.24) is 20.2 Å². The van der Waals surface area contributed by atoms with E-state index in [4.69, 9.17) is 9.47 Å². The quantitative estimate of drug-likeness (QED) is 0.730. The summed E-state index contributed by atoms with van der Waals surface area (Å²) in [6.45, 7) is 7.26. The highest BCUT2D eigenvalue weighted by Gasteiger charge is 2.12. The summed E-state index contributed by atoms with van der Waals surface area (Å²) in [4.78, 5) is 22.8. The van der Waals surface area contributed by atoms with Crippen molar-refractivity contribution in [3.8, 4) is 5.75 Å². The van der Waals surface area contributed by atoms with Crippen molar-refractivity contribution >= 4 is 17.4 Å². The molecule has 8 heteroatoms. The lowest BCUT2D eigenvalue weighted by Gasteiger charge is -2.26. The lowest BCUT2D eigenvalue weighted by atomic mass is 10.3. The van der Waals surface area contributed by atoms with E-state index < -0.39 is 0 Å². The van der Waals surface area contributed by atoms with Crippen molar-refractivity contribution in [3.63, 3.8) is 0 Å². The van der Waals surface area contributed by atoms with Crippen LogP contribution in [0.3, 0.4) is 0 Å². The van der Waals surface area contributed by atoms with Crippen LogP contribution in [0.4, 0.5) is 11.5 Å². The molecule has 1 aliphatic heterocycles. The van der Waals surface area contributed by atoms with Gasteiger partial charge in [-0.25, -0.2) is 9.97 Å². The molecule has 0 aliphatic carbocycles. The number of hydrogen-bond acceptors (Lipinski definition) is 7.